The van der Waals surface area contributed by atoms with Gasteiger partial charge in [-0.25, -0.2) is 5.10 Å². The van der Waals surface area contributed by atoms with E-state index in [0.717, 1.165) is 30.0 Å². The maximum absolute atomic E-state index is 5.41. The lowest BCUT2D eigenvalue weighted by molar-refractivity contribution is 0.402. The molecule has 8 heteroatoms. The van der Waals surface area contributed by atoms with Crippen molar-refractivity contribution in [2.45, 2.75) is 13.8 Å². The Bertz CT molecular complexity index is 1040. The molecule has 1 N–H and O–H groups in total. The van der Waals surface area contributed by atoms with E-state index in [-0.39, 0.29) is 0 Å². The Balaban J connectivity index is 1.95. The summed E-state index contributed by atoms with van der Waals surface area (Å²) in [5, 5.41) is 11.7. The van der Waals surface area contributed by atoms with Gasteiger partial charge in [-0.2, -0.15) is 14.9 Å². The van der Waals surface area contributed by atoms with Gasteiger partial charge in [0.25, 0.3) is 0 Å². The molecule has 0 amide bonds. The molecule has 0 unspecified atom stereocenters. The van der Waals surface area contributed by atoms with Gasteiger partial charge in [0.2, 0.25) is 4.77 Å². The highest BCUT2D eigenvalue weighted by Crippen LogP contribution is 2.24. The maximum Gasteiger partial charge on any atom is 0.216 e. The summed E-state index contributed by atoms with van der Waals surface area (Å²) in [6.45, 7) is 6.21. The molecule has 0 saturated carbocycles. The molecule has 0 aliphatic rings. The summed E-state index contributed by atoms with van der Waals surface area (Å²) in [5.74, 6) is 2.05. The fourth-order valence-electron chi connectivity index (χ4n) is 3.06. The lowest BCUT2D eigenvalue weighted by Crippen LogP contribution is -2.21. The van der Waals surface area contributed by atoms with E-state index in [4.69, 9.17) is 21.7 Å². The zero-order chi connectivity index (χ0) is 20.8. The van der Waals surface area contributed by atoms with E-state index in [2.05, 4.69) is 46.2 Å². The predicted octanol–water partition coefficient (Wildman–Crippen LogP) is 4.35. The summed E-state index contributed by atoms with van der Waals surface area (Å²) in [6, 6.07) is 13.7. The average Bonchev–Trinajstić information content (AvgIpc) is 3.13. The first kappa shape index (κ1) is 20.6. The zero-order valence-corrected chi connectivity index (χ0v) is 17.9. The molecule has 0 aliphatic carbocycles. The first-order valence-corrected chi connectivity index (χ1v) is 9.81. The topological polar surface area (TPSA) is 67.7 Å². The van der Waals surface area contributed by atoms with Gasteiger partial charge in [-0.15, -0.1) is 0 Å². The highest BCUT2D eigenvalue weighted by atomic mass is 32.1. The van der Waals surface area contributed by atoms with Gasteiger partial charge in [0.15, 0.2) is 5.82 Å². The summed E-state index contributed by atoms with van der Waals surface area (Å²) in [7, 11) is 3.24. The van der Waals surface area contributed by atoms with Crippen molar-refractivity contribution in [3.63, 3.8) is 0 Å². The van der Waals surface area contributed by atoms with Crippen LogP contribution < -0.4 is 14.4 Å². The monoisotopic (exact) mass is 411 g/mol. The van der Waals surface area contributed by atoms with Gasteiger partial charge in [0.1, 0.15) is 11.5 Å². The minimum Gasteiger partial charge on any atom is -0.497 e. The van der Waals surface area contributed by atoms with Crippen molar-refractivity contribution in [2.24, 2.45) is 5.10 Å². The van der Waals surface area contributed by atoms with Crippen LogP contribution in [-0.4, -0.2) is 48.4 Å². The number of rotatable bonds is 8. The minimum atomic E-state index is 0.408. The minimum absolute atomic E-state index is 0.408. The van der Waals surface area contributed by atoms with Crippen LogP contribution >= 0.6 is 12.2 Å². The lowest BCUT2D eigenvalue weighted by Gasteiger charge is -2.21. The van der Waals surface area contributed by atoms with Gasteiger partial charge in [0.05, 0.1) is 20.4 Å². The normalized spacial score (nSPS) is 11.0. The van der Waals surface area contributed by atoms with Crippen LogP contribution in [-0.2, 0) is 0 Å². The molecule has 2 aromatic carbocycles. The second-order valence-electron chi connectivity index (χ2n) is 6.24. The van der Waals surface area contributed by atoms with Crippen molar-refractivity contribution >= 4 is 24.1 Å². The SMILES string of the molecule is CCN(CC)c1ccc(-c2n[nH]c(=S)n2N=Cc2cc(OC)ccc2OC)cc1. The molecule has 0 fully saturated rings. The first-order valence-electron chi connectivity index (χ1n) is 9.40. The molecule has 0 radical (unpaired) electrons. The standard InChI is InChI=1S/C21H25N5O2S/c1-5-25(6-2)17-9-7-15(8-10-17)20-23-24-21(29)26(20)22-14-16-13-18(27-3)11-12-19(16)28-4/h7-14H,5-6H2,1-4H3,(H,24,29). The largest absolute Gasteiger partial charge is 0.497 e. The Morgan fingerprint density at radius 3 is 2.45 bits per heavy atom. The Kier molecular flexibility index (Phi) is 6.66. The quantitative estimate of drug-likeness (QED) is 0.441. The molecule has 0 aliphatic heterocycles. The fourth-order valence-corrected chi connectivity index (χ4v) is 3.24. The van der Waals surface area contributed by atoms with Crippen LogP contribution in [0.15, 0.2) is 47.6 Å². The number of hydrogen-bond donors (Lipinski definition) is 1. The number of nitrogens with one attached hydrogen (secondary N) is 1. The number of benzene rings is 2. The van der Waals surface area contributed by atoms with E-state index in [1.54, 1.807) is 25.1 Å². The van der Waals surface area contributed by atoms with Crippen LogP contribution in [0.5, 0.6) is 11.5 Å². The van der Waals surface area contributed by atoms with E-state index in [1.807, 2.05) is 30.3 Å². The van der Waals surface area contributed by atoms with Crippen LogP contribution in [0.4, 0.5) is 5.69 Å². The van der Waals surface area contributed by atoms with E-state index in [9.17, 15) is 0 Å². The number of methoxy groups -OCH3 is 2. The van der Waals surface area contributed by atoms with Gasteiger partial charge in [-0.05, 0) is 68.5 Å². The van der Waals surface area contributed by atoms with Crippen molar-refractivity contribution in [2.75, 3.05) is 32.2 Å². The highest BCUT2D eigenvalue weighted by molar-refractivity contribution is 7.71. The van der Waals surface area contributed by atoms with Crippen LogP contribution in [0.3, 0.4) is 0 Å². The van der Waals surface area contributed by atoms with E-state index < -0.39 is 0 Å². The summed E-state index contributed by atoms with van der Waals surface area (Å²) < 4.78 is 12.7. The molecule has 0 atom stereocenters. The molecule has 1 aromatic heterocycles. The van der Waals surface area contributed by atoms with E-state index in [1.165, 1.54) is 5.69 Å². The number of hydrogen-bond acceptors (Lipinski definition) is 6. The number of aromatic nitrogens is 3. The molecule has 3 aromatic rings. The summed E-state index contributed by atoms with van der Waals surface area (Å²) in [4.78, 5) is 2.29. The van der Waals surface area contributed by atoms with Gasteiger partial charge in [0, 0.05) is 29.9 Å². The van der Waals surface area contributed by atoms with Crippen LogP contribution in [0.1, 0.15) is 19.4 Å². The third-order valence-electron chi connectivity index (χ3n) is 4.65. The molecule has 152 valence electrons. The van der Waals surface area contributed by atoms with Crippen molar-refractivity contribution in [3.05, 3.63) is 52.8 Å². The van der Waals surface area contributed by atoms with Crippen LogP contribution in [0.2, 0.25) is 0 Å². The van der Waals surface area contributed by atoms with Gasteiger partial charge < -0.3 is 14.4 Å². The molecule has 0 spiro atoms. The Hall–Kier alpha value is -3.13. The number of ether oxygens (including phenoxy) is 2. The highest BCUT2D eigenvalue weighted by Gasteiger charge is 2.10. The molecule has 0 bridgehead atoms. The Morgan fingerprint density at radius 2 is 1.83 bits per heavy atom. The molecule has 1 heterocycles. The van der Waals surface area contributed by atoms with E-state index >= 15 is 0 Å². The maximum atomic E-state index is 5.41. The van der Waals surface area contributed by atoms with Gasteiger partial charge in [-0.1, -0.05) is 0 Å². The summed E-state index contributed by atoms with van der Waals surface area (Å²) in [5.41, 5.74) is 2.87. The molecular weight excluding hydrogens is 386 g/mol. The molecule has 7 nitrogen and oxygen atoms in total. The molecule has 0 saturated heterocycles. The number of aromatic amines is 1. The van der Waals surface area contributed by atoms with Crippen LogP contribution in [0.25, 0.3) is 11.4 Å². The second kappa shape index (κ2) is 9.38. The van der Waals surface area contributed by atoms with Crippen molar-refractivity contribution in [1.29, 1.82) is 0 Å². The van der Waals surface area contributed by atoms with Crippen molar-refractivity contribution in [3.8, 4) is 22.9 Å². The first-order chi connectivity index (χ1) is 14.1. The molecule has 29 heavy (non-hydrogen) atoms. The third-order valence-corrected chi connectivity index (χ3v) is 4.92. The predicted molar refractivity (Wildman–Crippen MR) is 119 cm³/mol. The molecule has 3 rings (SSSR count). The van der Waals surface area contributed by atoms with Gasteiger partial charge >= 0.3 is 0 Å². The van der Waals surface area contributed by atoms with Crippen LogP contribution in [0, 0.1) is 4.77 Å². The Morgan fingerprint density at radius 1 is 1.10 bits per heavy atom. The molecular formula is C21H25N5O2S. The number of H-pyrrole nitrogens is 1. The third kappa shape index (κ3) is 4.48. The summed E-state index contributed by atoms with van der Waals surface area (Å²) in [6.07, 6.45) is 1.68. The zero-order valence-electron chi connectivity index (χ0n) is 17.0. The van der Waals surface area contributed by atoms with Gasteiger partial charge in [-0.3, -0.25) is 0 Å². The fraction of sp³-hybridized carbons (Fsp3) is 0.286. The van der Waals surface area contributed by atoms with Crippen molar-refractivity contribution in [1.82, 2.24) is 14.9 Å². The number of nitrogens with zero attached hydrogens (tertiary/aromatic N) is 4. The van der Waals surface area contributed by atoms with Crippen molar-refractivity contribution < 1.29 is 9.47 Å². The smallest absolute Gasteiger partial charge is 0.216 e. The second-order valence-corrected chi connectivity index (χ2v) is 6.62. The Labute approximate surface area is 175 Å². The van der Waals surface area contributed by atoms with E-state index in [0.29, 0.717) is 16.3 Å². The lowest BCUT2D eigenvalue weighted by atomic mass is 10.2. The average molecular weight is 412 g/mol. The number of anilines is 1. The summed E-state index contributed by atoms with van der Waals surface area (Å²) >= 11 is 5.37.